The Balaban J connectivity index is 0.000000606. The molecule has 1 heterocycles. The monoisotopic (exact) mass is 215 g/mol. The fourth-order valence-electron chi connectivity index (χ4n) is 1.31. The Labute approximate surface area is 94.2 Å². The second-order valence-corrected chi connectivity index (χ2v) is 2.78. The molecule has 4 nitrogen and oxygen atoms in total. The third kappa shape index (κ3) is 2.27. The minimum atomic E-state index is 0.349. The zero-order valence-electron chi connectivity index (χ0n) is 9.27. The molecule has 82 valence electrons. The predicted octanol–water partition coefficient (Wildman–Crippen LogP) is 2.39. The first kappa shape index (κ1) is 12.0. The number of aromatic nitrogens is 1. The van der Waals surface area contributed by atoms with E-state index in [1.54, 1.807) is 18.3 Å². The number of fused-ring (bicyclic) bond motifs is 1. The van der Waals surface area contributed by atoms with Crippen molar-refractivity contribution in [2.45, 2.75) is 13.8 Å². The SMILES string of the molecule is CC.N#Cc1cc2c(ON)cccc2cn1. The summed E-state index contributed by atoms with van der Waals surface area (Å²) in [6.07, 6.45) is 1.62. The van der Waals surface area contributed by atoms with E-state index in [-0.39, 0.29) is 0 Å². The van der Waals surface area contributed by atoms with Crippen LogP contribution in [0.1, 0.15) is 19.5 Å². The second kappa shape index (κ2) is 5.69. The summed E-state index contributed by atoms with van der Waals surface area (Å²) in [5.74, 6) is 5.65. The first-order chi connectivity index (χ1) is 7.85. The fraction of sp³-hybridized carbons (Fsp3) is 0.167. The highest BCUT2D eigenvalue weighted by Crippen LogP contribution is 2.24. The Kier molecular flexibility index (Phi) is 4.25. The highest BCUT2D eigenvalue weighted by molar-refractivity contribution is 5.88. The number of rotatable bonds is 1. The van der Waals surface area contributed by atoms with Crippen LogP contribution in [0.15, 0.2) is 30.5 Å². The van der Waals surface area contributed by atoms with Crippen LogP contribution in [-0.4, -0.2) is 4.98 Å². The molecule has 1 aromatic heterocycles. The van der Waals surface area contributed by atoms with Gasteiger partial charge in [0.15, 0.2) is 5.75 Å². The average molecular weight is 215 g/mol. The Hall–Kier alpha value is -2.12. The third-order valence-corrected chi connectivity index (χ3v) is 1.97. The van der Waals surface area contributed by atoms with Crippen LogP contribution in [0.25, 0.3) is 10.8 Å². The van der Waals surface area contributed by atoms with Crippen molar-refractivity contribution in [3.8, 4) is 11.8 Å². The maximum Gasteiger partial charge on any atom is 0.154 e. The van der Waals surface area contributed by atoms with Gasteiger partial charge < -0.3 is 4.84 Å². The Morgan fingerprint density at radius 1 is 1.38 bits per heavy atom. The molecular weight excluding hydrogens is 202 g/mol. The molecule has 0 saturated carbocycles. The summed E-state index contributed by atoms with van der Waals surface area (Å²) >= 11 is 0. The molecule has 0 aliphatic carbocycles. The largest absolute Gasteiger partial charge is 0.411 e. The van der Waals surface area contributed by atoms with E-state index in [2.05, 4.69) is 9.82 Å². The molecule has 0 atom stereocenters. The standard InChI is InChI=1S/C10H7N3O.C2H6/c11-5-8-4-9-7(6-13-8)2-1-3-10(9)14-12;1-2/h1-4,6H,12H2;1-2H3. The number of nitriles is 1. The Bertz CT molecular complexity index is 517. The van der Waals surface area contributed by atoms with E-state index in [1.807, 2.05) is 32.0 Å². The summed E-state index contributed by atoms with van der Waals surface area (Å²) in [6.45, 7) is 4.00. The molecule has 0 amide bonds. The summed E-state index contributed by atoms with van der Waals surface area (Å²) in [5.41, 5.74) is 0.349. The molecule has 0 saturated heterocycles. The van der Waals surface area contributed by atoms with Crippen LogP contribution in [0.2, 0.25) is 0 Å². The van der Waals surface area contributed by atoms with Gasteiger partial charge in [-0.3, -0.25) is 0 Å². The average Bonchev–Trinajstić information content (AvgIpc) is 2.39. The fourth-order valence-corrected chi connectivity index (χ4v) is 1.31. The molecule has 0 aliphatic heterocycles. The lowest BCUT2D eigenvalue weighted by molar-refractivity contribution is 0.338. The molecule has 16 heavy (non-hydrogen) atoms. The normalized spacial score (nSPS) is 8.88. The minimum absolute atomic E-state index is 0.349. The van der Waals surface area contributed by atoms with E-state index in [4.69, 9.17) is 11.2 Å². The number of benzene rings is 1. The Morgan fingerprint density at radius 3 is 2.75 bits per heavy atom. The number of nitrogens with two attached hydrogens (primary N) is 1. The number of pyridine rings is 1. The molecule has 2 N–H and O–H groups in total. The second-order valence-electron chi connectivity index (χ2n) is 2.78. The Morgan fingerprint density at radius 2 is 2.12 bits per heavy atom. The summed E-state index contributed by atoms with van der Waals surface area (Å²) in [5, 5.41) is 10.4. The summed E-state index contributed by atoms with van der Waals surface area (Å²) < 4.78 is 0. The molecule has 0 aliphatic rings. The van der Waals surface area contributed by atoms with Crippen molar-refractivity contribution in [3.63, 3.8) is 0 Å². The topological polar surface area (TPSA) is 71.9 Å². The lowest BCUT2D eigenvalue weighted by Gasteiger charge is -2.03. The van der Waals surface area contributed by atoms with Crippen LogP contribution >= 0.6 is 0 Å². The summed E-state index contributed by atoms with van der Waals surface area (Å²) in [4.78, 5) is 8.63. The van der Waals surface area contributed by atoms with Gasteiger partial charge in [-0.05, 0) is 12.1 Å². The highest BCUT2D eigenvalue weighted by atomic mass is 16.6. The zero-order valence-corrected chi connectivity index (χ0v) is 9.27. The van der Waals surface area contributed by atoms with E-state index in [9.17, 15) is 0 Å². The van der Waals surface area contributed by atoms with Crippen LogP contribution in [0.5, 0.6) is 5.75 Å². The van der Waals surface area contributed by atoms with Gasteiger partial charge in [-0.15, -0.1) is 0 Å². The van der Waals surface area contributed by atoms with Gasteiger partial charge >= 0.3 is 0 Å². The number of nitrogens with zero attached hydrogens (tertiary/aromatic N) is 2. The van der Waals surface area contributed by atoms with Gasteiger partial charge in [-0.25, -0.2) is 4.98 Å². The third-order valence-electron chi connectivity index (χ3n) is 1.97. The van der Waals surface area contributed by atoms with Crippen molar-refractivity contribution in [2.24, 2.45) is 5.90 Å². The van der Waals surface area contributed by atoms with E-state index in [0.717, 1.165) is 10.8 Å². The van der Waals surface area contributed by atoms with E-state index < -0.39 is 0 Å². The summed E-state index contributed by atoms with van der Waals surface area (Å²) in [6, 6.07) is 9.05. The van der Waals surface area contributed by atoms with Gasteiger partial charge in [0, 0.05) is 17.0 Å². The van der Waals surface area contributed by atoms with E-state index >= 15 is 0 Å². The maximum atomic E-state index is 8.68. The van der Waals surface area contributed by atoms with Crippen LogP contribution in [-0.2, 0) is 0 Å². The molecule has 0 fully saturated rings. The molecule has 0 spiro atoms. The van der Waals surface area contributed by atoms with Crippen LogP contribution in [0.3, 0.4) is 0 Å². The number of hydrogen-bond acceptors (Lipinski definition) is 4. The summed E-state index contributed by atoms with van der Waals surface area (Å²) in [7, 11) is 0. The van der Waals surface area contributed by atoms with E-state index in [0.29, 0.717) is 11.4 Å². The van der Waals surface area contributed by atoms with Crippen molar-refractivity contribution in [2.75, 3.05) is 0 Å². The molecule has 1 aromatic carbocycles. The molecule has 0 radical (unpaired) electrons. The van der Waals surface area contributed by atoms with Crippen LogP contribution < -0.4 is 10.7 Å². The molecule has 2 rings (SSSR count). The van der Waals surface area contributed by atoms with Crippen molar-refractivity contribution in [1.29, 1.82) is 5.26 Å². The van der Waals surface area contributed by atoms with Gasteiger partial charge in [0.2, 0.25) is 0 Å². The lowest BCUT2D eigenvalue weighted by atomic mass is 10.1. The minimum Gasteiger partial charge on any atom is -0.411 e. The van der Waals surface area contributed by atoms with Gasteiger partial charge in [0.1, 0.15) is 11.8 Å². The van der Waals surface area contributed by atoms with Gasteiger partial charge in [-0.1, -0.05) is 26.0 Å². The van der Waals surface area contributed by atoms with Gasteiger partial charge in [0.25, 0.3) is 0 Å². The maximum absolute atomic E-state index is 8.68. The first-order valence-electron chi connectivity index (χ1n) is 5.01. The quantitative estimate of drug-likeness (QED) is 0.741. The zero-order chi connectivity index (χ0) is 12.0. The van der Waals surface area contributed by atoms with E-state index in [1.165, 1.54) is 0 Å². The predicted molar refractivity (Wildman–Crippen MR) is 62.6 cm³/mol. The van der Waals surface area contributed by atoms with Crippen molar-refractivity contribution >= 4 is 10.8 Å². The van der Waals surface area contributed by atoms with Crippen LogP contribution in [0, 0.1) is 11.3 Å². The van der Waals surface area contributed by atoms with Crippen molar-refractivity contribution in [1.82, 2.24) is 4.98 Å². The van der Waals surface area contributed by atoms with Crippen molar-refractivity contribution < 1.29 is 4.84 Å². The molecule has 4 heteroatoms. The number of hydrogen-bond donors (Lipinski definition) is 1. The van der Waals surface area contributed by atoms with Gasteiger partial charge in [0.05, 0.1) is 0 Å². The van der Waals surface area contributed by atoms with Crippen LogP contribution in [0.4, 0.5) is 0 Å². The van der Waals surface area contributed by atoms with Gasteiger partial charge in [-0.2, -0.15) is 11.2 Å². The highest BCUT2D eigenvalue weighted by Gasteiger charge is 2.02. The molecular formula is C12H13N3O. The lowest BCUT2D eigenvalue weighted by Crippen LogP contribution is -2.02. The first-order valence-corrected chi connectivity index (χ1v) is 5.01. The molecule has 2 aromatic rings. The smallest absolute Gasteiger partial charge is 0.154 e. The molecule has 0 bridgehead atoms. The molecule has 0 unspecified atom stereocenters. The van der Waals surface area contributed by atoms with Crippen molar-refractivity contribution in [3.05, 3.63) is 36.2 Å².